The number of aliphatic hydroxyl groups is 1. The summed E-state index contributed by atoms with van der Waals surface area (Å²) < 4.78 is 6.11. The average Bonchev–Trinajstić information content (AvgIpc) is 3.41. The summed E-state index contributed by atoms with van der Waals surface area (Å²) in [5.41, 5.74) is 1.98. The van der Waals surface area contributed by atoms with Crippen molar-refractivity contribution >= 4 is 40.5 Å². The van der Waals surface area contributed by atoms with Crippen molar-refractivity contribution < 1.29 is 24.2 Å². The maximum Gasteiger partial charge on any atom is 0.407 e. The standard InChI is InChI=1S/C19H19N5O5S/c25-5-3-20-16(26)12-1-2-13(17-21-4-6-30-17)15-14(12)22-18(29-15)23-8-10-7-11(9-23)24(10)19(27)28/h1-2,4,6,10-11,25H,3,5,7-9H2,(H,20,26)(H,27,28). The molecule has 2 unspecified atom stereocenters. The molecule has 3 aromatic rings. The van der Waals surface area contributed by atoms with E-state index in [-0.39, 0.29) is 31.1 Å². The van der Waals surface area contributed by atoms with Crippen molar-refractivity contribution in [1.82, 2.24) is 20.2 Å². The minimum atomic E-state index is -0.901. The number of piperidine rings is 1. The molecule has 3 saturated heterocycles. The van der Waals surface area contributed by atoms with Gasteiger partial charge >= 0.3 is 6.09 Å². The molecule has 0 radical (unpaired) electrons. The molecule has 2 atom stereocenters. The molecule has 30 heavy (non-hydrogen) atoms. The fourth-order valence-electron chi connectivity index (χ4n) is 4.18. The Bertz CT molecular complexity index is 1100. The molecule has 0 aliphatic carbocycles. The molecular weight excluding hydrogens is 410 g/mol. The van der Waals surface area contributed by atoms with Crippen LogP contribution in [0, 0.1) is 0 Å². The van der Waals surface area contributed by atoms with Gasteiger partial charge < -0.3 is 24.8 Å². The highest BCUT2D eigenvalue weighted by atomic mass is 32.1. The number of oxazole rings is 1. The first-order valence-electron chi connectivity index (χ1n) is 9.55. The third-order valence-electron chi connectivity index (χ3n) is 5.52. The van der Waals surface area contributed by atoms with Gasteiger partial charge in [-0.2, -0.15) is 4.98 Å². The second-order valence-corrected chi connectivity index (χ2v) is 8.18. The molecule has 0 saturated carbocycles. The number of amides is 2. The lowest BCUT2D eigenvalue weighted by molar-refractivity contribution is 0.0101. The number of carbonyl (C=O) groups is 2. The maximum absolute atomic E-state index is 12.6. The first-order valence-corrected chi connectivity index (χ1v) is 10.4. The number of fused-ring (bicyclic) bond motifs is 3. The Morgan fingerprint density at radius 2 is 2.10 bits per heavy atom. The summed E-state index contributed by atoms with van der Waals surface area (Å²) >= 11 is 1.46. The van der Waals surface area contributed by atoms with E-state index in [4.69, 9.17) is 9.52 Å². The van der Waals surface area contributed by atoms with E-state index >= 15 is 0 Å². The van der Waals surface area contributed by atoms with Crippen LogP contribution in [0.2, 0.25) is 0 Å². The number of hydrogen-bond donors (Lipinski definition) is 3. The van der Waals surface area contributed by atoms with Crippen LogP contribution in [0.3, 0.4) is 0 Å². The van der Waals surface area contributed by atoms with Crippen molar-refractivity contribution in [2.24, 2.45) is 0 Å². The molecule has 2 bridgehead atoms. The van der Waals surface area contributed by atoms with Gasteiger partial charge in [0.05, 0.1) is 29.8 Å². The Hall–Kier alpha value is -3.18. The molecular formula is C19H19N5O5S. The minimum absolute atomic E-state index is 0.0815. The SMILES string of the molecule is O=C(NCCO)c1ccc(-c2nccs2)c2oc(N3CC4CC(C3)N4C(=O)O)nc12. The monoisotopic (exact) mass is 429 g/mol. The van der Waals surface area contributed by atoms with Crippen LogP contribution in [-0.4, -0.2) is 75.4 Å². The molecule has 10 nitrogen and oxygen atoms in total. The third-order valence-corrected chi connectivity index (χ3v) is 6.33. The number of anilines is 1. The maximum atomic E-state index is 12.6. The van der Waals surface area contributed by atoms with E-state index in [2.05, 4.69) is 15.3 Å². The Balaban J connectivity index is 1.54. The van der Waals surface area contributed by atoms with Crippen molar-refractivity contribution in [2.45, 2.75) is 18.5 Å². The van der Waals surface area contributed by atoms with Crippen LogP contribution in [0.15, 0.2) is 28.1 Å². The molecule has 2 amide bonds. The zero-order valence-corrected chi connectivity index (χ0v) is 16.6. The minimum Gasteiger partial charge on any atom is -0.465 e. The quantitative estimate of drug-likeness (QED) is 0.557. The molecule has 3 aliphatic rings. The van der Waals surface area contributed by atoms with Crippen LogP contribution < -0.4 is 10.2 Å². The van der Waals surface area contributed by atoms with Crippen molar-refractivity contribution in [3.63, 3.8) is 0 Å². The van der Waals surface area contributed by atoms with E-state index < -0.39 is 6.09 Å². The summed E-state index contributed by atoms with van der Waals surface area (Å²) in [7, 11) is 0. The van der Waals surface area contributed by atoms with E-state index in [1.54, 1.807) is 18.3 Å². The highest BCUT2D eigenvalue weighted by Gasteiger charge is 2.48. The summed E-state index contributed by atoms with van der Waals surface area (Å²) in [6.45, 7) is 0.967. The third kappa shape index (κ3) is 2.97. The number of aromatic nitrogens is 2. The van der Waals surface area contributed by atoms with E-state index in [9.17, 15) is 14.7 Å². The summed E-state index contributed by atoms with van der Waals surface area (Å²) in [4.78, 5) is 36.3. The number of hydrogen-bond acceptors (Lipinski definition) is 8. The fraction of sp³-hybridized carbons (Fsp3) is 0.368. The number of thiazole rings is 1. The predicted octanol–water partition coefficient (Wildman–Crippen LogP) is 1.61. The van der Waals surface area contributed by atoms with Crippen molar-refractivity contribution in [3.05, 3.63) is 29.3 Å². The first kappa shape index (κ1) is 18.8. The van der Waals surface area contributed by atoms with Crippen molar-refractivity contribution in [1.29, 1.82) is 0 Å². The number of rotatable bonds is 5. The topological polar surface area (TPSA) is 132 Å². The van der Waals surface area contributed by atoms with Crippen LogP contribution in [0.4, 0.5) is 10.8 Å². The smallest absolute Gasteiger partial charge is 0.407 e. The first-order chi connectivity index (χ1) is 14.6. The zero-order valence-electron chi connectivity index (χ0n) is 15.8. The van der Waals surface area contributed by atoms with Gasteiger partial charge in [-0.3, -0.25) is 9.69 Å². The fourth-order valence-corrected chi connectivity index (χ4v) is 4.84. The molecule has 3 N–H and O–H groups in total. The summed E-state index contributed by atoms with van der Waals surface area (Å²) in [5, 5.41) is 23.6. The molecule has 2 aromatic heterocycles. The van der Waals surface area contributed by atoms with Crippen LogP contribution in [0.25, 0.3) is 21.7 Å². The lowest BCUT2D eigenvalue weighted by Gasteiger charge is -2.54. The number of aliphatic hydroxyl groups excluding tert-OH is 1. The highest BCUT2D eigenvalue weighted by molar-refractivity contribution is 7.13. The number of benzene rings is 1. The van der Waals surface area contributed by atoms with Gasteiger partial charge in [0, 0.05) is 31.2 Å². The van der Waals surface area contributed by atoms with E-state index in [0.717, 1.165) is 17.0 Å². The number of carbonyl (C=O) groups excluding carboxylic acids is 1. The second-order valence-electron chi connectivity index (χ2n) is 7.29. The molecule has 3 aliphatic heterocycles. The average molecular weight is 429 g/mol. The van der Waals surface area contributed by atoms with E-state index in [1.807, 2.05) is 10.3 Å². The van der Waals surface area contributed by atoms with Gasteiger partial charge in [0.25, 0.3) is 11.9 Å². The van der Waals surface area contributed by atoms with Crippen LogP contribution in [-0.2, 0) is 0 Å². The number of nitrogens with one attached hydrogen (secondary N) is 1. The lowest BCUT2D eigenvalue weighted by Crippen LogP contribution is -2.70. The van der Waals surface area contributed by atoms with Gasteiger partial charge in [-0.1, -0.05) is 0 Å². The molecule has 0 spiro atoms. The Labute approximate surface area is 174 Å². The molecule has 1 aromatic carbocycles. The van der Waals surface area contributed by atoms with Crippen LogP contribution in [0.1, 0.15) is 16.8 Å². The normalized spacial score (nSPS) is 20.3. The van der Waals surface area contributed by atoms with Crippen LogP contribution >= 0.6 is 11.3 Å². The Morgan fingerprint density at radius 1 is 1.30 bits per heavy atom. The zero-order chi connectivity index (χ0) is 20.8. The number of piperazine rings is 1. The molecule has 5 heterocycles. The van der Waals surface area contributed by atoms with Crippen molar-refractivity contribution in [3.8, 4) is 10.6 Å². The molecule has 156 valence electrons. The second kappa shape index (κ2) is 7.26. The van der Waals surface area contributed by atoms with E-state index in [0.29, 0.717) is 35.8 Å². The highest BCUT2D eigenvalue weighted by Crippen LogP contribution is 2.38. The van der Waals surface area contributed by atoms with Gasteiger partial charge in [0.2, 0.25) is 0 Å². The largest absolute Gasteiger partial charge is 0.465 e. The van der Waals surface area contributed by atoms with Crippen molar-refractivity contribution in [2.75, 3.05) is 31.1 Å². The van der Waals surface area contributed by atoms with Crippen LogP contribution in [0.5, 0.6) is 0 Å². The summed E-state index contributed by atoms with van der Waals surface area (Å²) in [6, 6.07) is 3.66. The van der Waals surface area contributed by atoms with Gasteiger partial charge in [0.1, 0.15) is 10.5 Å². The molecule has 11 heteroatoms. The predicted molar refractivity (Wildman–Crippen MR) is 109 cm³/mol. The van der Waals surface area contributed by atoms with Gasteiger partial charge in [-0.25, -0.2) is 9.78 Å². The van der Waals surface area contributed by atoms with Gasteiger partial charge in [0.15, 0.2) is 5.58 Å². The molecule has 3 fully saturated rings. The lowest BCUT2D eigenvalue weighted by atomic mass is 9.88. The van der Waals surface area contributed by atoms with Gasteiger partial charge in [-0.05, 0) is 18.6 Å². The number of nitrogens with zero attached hydrogens (tertiary/aromatic N) is 4. The molecule has 6 rings (SSSR count). The summed E-state index contributed by atoms with van der Waals surface area (Å²) in [5.74, 6) is -0.349. The Morgan fingerprint density at radius 3 is 2.77 bits per heavy atom. The number of carboxylic acid groups (broad SMARTS) is 1. The van der Waals surface area contributed by atoms with E-state index in [1.165, 1.54) is 16.2 Å². The Kier molecular flexibility index (Phi) is 4.55. The summed E-state index contributed by atoms with van der Waals surface area (Å²) in [6.07, 6.45) is 1.63. The van der Waals surface area contributed by atoms with Gasteiger partial charge in [-0.15, -0.1) is 11.3 Å².